The van der Waals surface area contributed by atoms with Gasteiger partial charge in [-0.1, -0.05) is 13.8 Å². The van der Waals surface area contributed by atoms with E-state index < -0.39 is 21.8 Å². The molecule has 30 heavy (non-hydrogen) atoms. The summed E-state index contributed by atoms with van der Waals surface area (Å²) in [6, 6.07) is 11.5. The van der Waals surface area contributed by atoms with Gasteiger partial charge in [0.05, 0.1) is 10.8 Å². The number of anilines is 2. The second kappa shape index (κ2) is 8.93. The van der Waals surface area contributed by atoms with E-state index in [1.54, 1.807) is 26.0 Å². The first kappa shape index (κ1) is 21.9. The van der Waals surface area contributed by atoms with E-state index in [-0.39, 0.29) is 29.7 Å². The van der Waals surface area contributed by atoms with Crippen LogP contribution in [0.1, 0.15) is 20.3 Å². The molecule has 1 heterocycles. The number of halogens is 1. The molecule has 2 aromatic carbocycles. The number of nitrogens with one attached hydrogen (secondary N) is 1. The summed E-state index contributed by atoms with van der Waals surface area (Å²) in [6.45, 7) is 4.48. The van der Waals surface area contributed by atoms with E-state index in [4.69, 9.17) is 0 Å². The van der Waals surface area contributed by atoms with Crippen LogP contribution in [0.5, 0.6) is 0 Å². The van der Waals surface area contributed by atoms with Gasteiger partial charge in [-0.05, 0) is 48.5 Å². The summed E-state index contributed by atoms with van der Waals surface area (Å²) in [6.07, 6.45) is 0.0481. The third-order valence-corrected chi connectivity index (χ3v) is 7.16. The van der Waals surface area contributed by atoms with E-state index in [1.807, 2.05) is 0 Å². The van der Waals surface area contributed by atoms with E-state index >= 15 is 0 Å². The molecule has 1 N–H and O–H groups in total. The van der Waals surface area contributed by atoms with Gasteiger partial charge in [0.25, 0.3) is 0 Å². The minimum atomic E-state index is -3.58. The molecule has 2 amide bonds. The van der Waals surface area contributed by atoms with Crippen molar-refractivity contribution in [3.8, 4) is 0 Å². The molecule has 0 aromatic heterocycles. The Bertz CT molecular complexity index is 1020. The number of nitrogens with zero attached hydrogens (tertiary/aromatic N) is 2. The number of carbonyl (C=O) groups excluding carboxylic acids is 2. The molecule has 3 rings (SSSR count). The van der Waals surface area contributed by atoms with Crippen molar-refractivity contribution in [2.24, 2.45) is 5.92 Å². The zero-order valence-electron chi connectivity index (χ0n) is 16.8. The smallest absolute Gasteiger partial charge is 0.243 e. The van der Waals surface area contributed by atoms with Crippen molar-refractivity contribution in [3.05, 3.63) is 54.3 Å². The highest BCUT2D eigenvalue weighted by atomic mass is 32.2. The van der Waals surface area contributed by atoms with Crippen molar-refractivity contribution < 1.29 is 22.4 Å². The summed E-state index contributed by atoms with van der Waals surface area (Å²) < 4.78 is 39.6. The molecular weight excluding hydrogens is 409 g/mol. The maximum absolute atomic E-state index is 13.0. The van der Waals surface area contributed by atoms with Gasteiger partial charge < -0.3 is 10.2 Å². The average molecular weight is 434 g/mol. The van der Waals surface area contributed by atoms with Crippen LogP contribution in [0, 0.1) is 11.7 Å². The summed E-state index contributed by atoms with van der Waals surface area (Å²) in [5, 5.41) is 2.69. The van der Waals surface area contributed by atoms with Crippen LogP contribution in [0.2, 0.25) is 0 Å². The van der Waals surface area contributed by atoms with Gasteiger partial charge in [-0.25, -0.2) is 12.8 Å². The number of hydrogen-bond acceptors (Lipinski definition) is 4. The molecular formula is C21H24FN3O4S. The predicted molar refractivity (Wildman–Crippen MR) is 112 cm³/mol. The van der Waals surface area contributed by atoms with Crippen molar-refractivity contribution in [1.29, 1.82) is 0 Å². The molecule has 1 atom stereocenters. The Morgan fingerprint density at radius 2 is 1.70 bits per heavy atom. The number of sulfonamides is 1. The molecule has 0 saturated carbocycles. The number of hydrogen-bond donors (Lipinski definition) is 1. The van der Waals surface area contributed by atoms with Crippen molar-refractivity contribution >= 4 is 33.2 Å². The van der Waals surface area contributed by atoms with E-state index in [0.717, 1.165) is 0 Å². The topological polar surface area (TPSA) is 86.8 Å². The molecule has 0 radical (unpaired) electrons. The van der Waals surface area contributed by atoms with E-state index in [0.29, 0.717) is 24.5 Å². The Morgan fingerprint density at radius 1 is 1.10 bits per heavy atom. The molecule has 160 valence electrons. The van der Waals surface area contributed by atoms with E-state index in [2.05, 4.69) is 5.32 Å². The quantitative estimate of drug-likeness (QED) is 0.728. The molecule has 0 spiro atoms. The first-order valence-corrected chi connectivity index (χ1v) is 11.2. The fraction of sp³-hybridized carbons (Fsp3) is 0.333. The molecule has 1 fully saturated rings. The van der Waals surface area contributed by atoms with Crippen LogP contribution in [0.25, 0.3) is 0 Å². The second-order valence-electron chi connectivity index (χ2n) is 6.98. The molecule has 1 unspecified atom stereocenters. The summed E-state index contributed by atoms with van der Waals surface area (Å²) in [5.74, 6) is -1.49. The molecule has 0 bridgehead atoms. The minimum absolute atomic E-state index is 0.0481. The van der Waals surface area contributed by atoms with Gasteiger partial charge >= 0.3 is 0 Å². The van der Waals surface area contributed by atoms with Gasteiger partial charge in [0.2, 0.25) is 21.8 Å². The van der Waals surface area contributed by atoms with Crippen LogP contribution < -0.4 is 10.2 Å². The van der Waals surface area contributed by atoms with Crippen molar-refractivity contribution in [2.45, 2.75) is 25.2 Å². The van der Waals surface area contributed by atoms with E-state index in [9.17, 15) is 22.4 Å². The highest BCUT2D eigenvalue weighted by Crippen LogP contribution is 2.28. The Hall–Kier alpha value is -2.78. The highest BCUT2D eigenvalue weighted by Gasteiger charge is 2.35. The number of rotatable bonds is 7. The van der Waals surface area contributed by atoms with Crippen LogP contribution in [0.15, 0.2) is 53.4 Å². The van der Waals surface area contributed by atoms with Crippen molar-refractivity contribution in [1.82, 2.24) is 4.31 Å². The molecule has 9 heteroatoms. The third kappa shape index (κ3) is 4.52. The van der Waals surface area contributed by atoms with Gasteiger partial charge in [-0.15, -0.1) is 0 Å². The zero-order valence-corrected chi connectivity index (χ0v) is 17.7. The molecule has 0 aliphatic carbocycles. The molecule has 7 nitrogen and oxygen atoms in total. The second-order valence-corrected chi connectivity index (χ2v) is 8.92. The number of carbonyl (C=O) groups is 2. The Balaban J connectivity index is 1.70. The minimum Gasteiger partial charge on any atom is -0.326 e. The van der Waals surface area contributed by atoms with E-state index in [1.165, 1.54) is 45.6 Å². The zero-order chi connectivity index (χ0) is 21.9. The maximum atomic E-state index is 13.0. The van der Waals surface area contributed by atoms with Gasteiger partial charge in [0.15, 0.2) is 0 Å². The Labute approximate surface area is 175 Å². The Morgan fingerprint density at radius 3 is 2.27 bits per heavy atom. The summed E-state index contributed by atoms with van der Waals surface area (Å²) in [5.41, 5.74) is 0.994. The van der Waals surface area contributed by atoms with Crippen LogP contribution >= 0.6 is 0 Å². The van der Waals surface area contributed by atoms with Crippen LogP contribution in [0.4, 0.5) is 15.8 Å². The summed E-state index contributed by atoms with van der Waals surface area (Å²) in [4.78, 5) is 26.6. The lowest BCUT2D eigenvalue weighted by Gasteiger charge is -2.20. The van der Waals surface area contributed by atoms with Crippen molar-refractivity contribution in [2.75, 3.05) is 29.9 Å². The lowest BCUT2D eigenvalue weighted by atomic mass is 10.1. The number of benzene rings is 2. The number of amides is 2. The fourth-order valence-electron chi connectivity index (χ4n) is 3.42. The van der Waals surface area contributed by atoms with Crippen molar-refractivity contribution in [3.63, 3.8) is 0 Å². The summed E-state index contributed by atoms with van der Waals surface area (Å²) >= 11 is 0. The first-order valence-electron chi connectivity index (χ1n) is 9.73. The largest absolute Gasteiger partial charge is 0.326 e. The average Bonchev–Trinajstić information content (AvgIpc) is 3.12. The first-order chi connectivity index (χ1) is 14.3. The van der Waals surface area contributed by atoms with Gasteiger partial charge in [0, 0.05) is 37.4 Å². The lowest BCUT2D eigenvalue weighted by Crippen LogP contribution is -2.31. The predicted octanol–water partition coefficient (Wildman–Crippen LogP) is 2.85. The molecule has 2 aromatic rings. The maximum Gasteiger partial charge on any atom is 0.243 e. The standard InChI is InChI=1S/C21H24FN3O4S/c1-3-24(4-2)30(28,29)19-11-9-18(10-12-19)25-14-15(13-20(25)26)21(27)23-17-7-5-16(22)6-8-17/h5-12,15H,3-4,13-14H2,1-2H3,(H,23,27). The normalized spacial score (nSPS) is 16.9. The lowest BCUT2D eigenvalue weighted by molar-refractivity contribution is -0.122. The van der Waals surface area contributed by atoms with Gasteiger partial charge in [-0.3, -0.25) is 9.59 Å². The molecule has 1 saturated heterocycles. The fourth-order valence-corrected chi connectivity index (χ4v) is 4.88. The van der Waals surface area contributed by atoms with Crippen LogP contribution in [0.3, 0.4) is 0 Å². The van der Waals surface area contributed by atoms with Gasteiger partial charge in [-0.2, -0.15) is 4.31 Å². The third-order valence-electron chi connectivity index (χ3n) is 5.10. The highest BCUT2D eigenvalue weighted by molar-refractivity contribution is 7.89. The molecule has 1 aliphatic heterocycles. The van der Waals surface area contributed by atoms with Crippen LogP contribution in [-0.2, 0) is 19.6 Å². The summed E-state index contributed by atoms with van der Waals surface area (Å²) in [7, 11) is -3.58. The molecule has 1 aliphatic rings. The van der Waals surface area contributed by atoms with Crippen LogP contribution in [-0.4, -0.2) is 44.2 Å². The monoisotopic (exact) mass is 433 g/mol. The Kier molecular flexibility index (Phi) is 6.52. The van der Waals surface area contributed by atoms with Gasteiger partial charge in [0.1, 0.15) is 5.82 Å². The SMILES string of the molecule is CCN(CC)S(=O)(=O)c1ccc(N2CC(C(=O)Nc3ccc(F)cc3)CC2=O)cc1.